The summed E-state index contributed by atoms with van der Waals surface area (Å²) in [5.74, 6) is -0.0878. The lowest BCUT2D eigenvalue weighted by atomic mass is 10.1. The SMILES string of the molecule is COCCN1CC(=O)N(Cc2nc3ccccc3s2)[C@@H](C)C1=O. The Bertz CT molecular complexity index is 697. The third kappa shape index (κ3) is 3.20. The molecule has 23 heavy (non-hydrogen) atoms. The van der Waals surface area contributed by atoms with Crippen LogP contribution in [0.25, 0.3) is 10.2 Å². The van der Waals surface area contributed by atoms with E-state index in [4.69, 9.17) is 4.74 Å². The molecular formula is C16H19N3O3S. The van der Waals surface area contributed by atoms with Crippen molar-refractivity contribution in [3.8, 4) is 0 Å². The third-order valence-corrected chi connectivity index (χ3v) is 5.01. The van der Waals surface area contributed by atoms with Gasteiger partial charge in [-0.25, -0.2) is 4.98 Å². The van der Waals surface area contributed by atoms with Crippen molar-refractivity contribution in [2.45, 2.75) is 19.5 Å². The molecule has 1 saturated heterocycles. The van der Waals surface area contributed by atoms with Crippen molar-refractivity contribution in [3.05, 3.63) is 29.3 Å². The highest BCUT2D eigenvalue weighted by Crippen LogP contribution is 2.24. The normalized spacial score (nSPS) is 19.0. The summed E-state index contributed by atoms with van der Waals surface area (Å²) in [4.78, 5) is 32.5. The minimum atomic E-state index is -0.472. The van der Waals surface area contributed by atoms with Crippen LogP contribution in [0.2, 0.25) is 0 Å². The number of benzene rings is 1. The van der Waals surface area contributed by atoms with Crippen LogP contribution >= 0.6 is 11.3 Å². The first kappa shape index (κ1) is 15.9. The number of fused-ring (bicyclic) bond motifs is 1. The summed E-state index contributed by atoms with van der Waals surface area (Å²) in [5.41, 5.74) is 0.928. The molecule has 6 nitrogen and oxygen atoms in total. The van der Waals surface area contributed by atoms with Gasteiger partial charge >= 0.3 is 0 Å². The number of aromatic nitrogens is 1. The number of rotatable bonds is 5. The second-order valence-corrected chi connectivity index (χ2v) is 6.64. The standard InChI is InChI=1S/C16H19N3O3S/c1-11-16(21)18(7-8-22-2)10-15(20)19(11)9-14-17-12-5-3-4-6-13(12)23-14/h3-6,11H,7-10H2,1-2H3/t11-/m0/s1. The van der Waals surface area contributed by atoms with Crippen LogP contribution in [0.4, 0.5) is 0 Å². The lowest BCUT2D eigenvalue weighted by Gasteiger charge is -2.38. The molecule has 2 amide bonds. The number of thiazole rings is 1. The molecule has 3 rings (SSSR count). The summed E-state index contributed by atoms with van der Waals surface area (Å²) >= 11 is 1.56. The molecule has 0 unspecified atom stereocenters. The maximum atomic E-state index is 12.4. The molecule has 122 valence electrons. The number of amides is 2. The third-order valence-electron chi connectivity index (χ3n) is 3.99. The van der Waals surface area contributed by atoms with Crippen LogP contribution in [0.15, 0.2) is 24.3 Å². The Morgan fingerprint density at radius 2 is 2.13 bits per heavy atom. The maximum Gasteiger partial charge on any atom is 0.245 e. The van der Waals surface area contributed by atoms with E-state index in [1.165, 1.54) is 0 Å². The summed E-state index contributed by atoms with van der Waals surface area (Å²) in [6.45, 7) is 3.14. The predicted molar refractivity (Wildman–Crippen MR) is 88.1 cm³/mol. The van der Waals surface area contributed by atoms with Gasteiger partial charge in [0.05, 0.1) is 29.9 Å². The zero-order valence-corrected chi connectivity index (χ0v) is 14.0. The molecule has 1 aromatic carbocycles. The largest absolute Gasteiger partial charge is 0.383 e. The molecule has 0 bridgehead atoms. The number of para-hydroxylation sites is 1. The fourth-order valence-corrected chi connectivity index (χ4v) is 3.66. The lowest BCUT2D eigenvalue weighted by Crippen LogP contribution is -2.58. The fourth-order valence-electron chi connectivity index (χ4n) is 2.69. The van der Waals surface area contributed by atoms with Gasteiger partial charge in [0.15, 0.2) is 0 Å². The van der Waals surface area contributed by atoms with Gasteiger partial charge in [-0.05, 0) is 19.1 Å². The number of methoxy groups -OCH3 is 1. The number of ether oxygens (including phenoxy) is 1. The van der Waals surface area contributed by atoms with Gasteiger partial charge in [0.2, 0.25) is 11.8 Å². The van der Waals surface area contributed by atoms with E-state index < -0.39 is 6.04 Å². The van der Waals surface area contributed by atoms with E-state index in [9.17, 15) is 9.59 Å². The van der Waals surface area contributed by atoms with Crippen molar-refractivity contribution in [1.29, 1.82) is 0 Å². The van der Waals surface area contributed by atoms with Gasteiger partial charge in [0.25, 0.3) is 0 Å². The van der Waals surface area contributed by atoms with Gasteiger partial charge in [0, 0.05) is 13.7 Å². The molecule has 0 N–H and O–H groups in total. The number of nitrogens with zero attached hydrogens (tertiary/aromatic N) is 3. The van der Waals surface area contributed by atoms with Crippen LogP contribution in [0.5, 0.6) is 0 Å². The molecule has 1 atom stereocenters. The van der Waals surface area contributed by atoms with E-state index in [1.807, 2.05) is 24.3 Å². The average molecular weight is 333 g/mol. The Balaban J connectivity index is 1.75. The lowest BCUT2D eigenvalue weighted by molar-refractivity contribution is -0.156. The minimum Gasteiger partial charge on any atom is -0.383 e. The van der Waals surface area contributed by atoms with Crippen LogP contribution in [-0.4, -0.2) is 59.4 Å². The van der Waals surface area contributed by atoms with E-state index in [0.717, 1.165) is 15.2 Å². The zero-order valence-electron chi connectivity index (χ0n) is 13.2. The van der Waals surface area contributed by atoms with Gasteiger partial charge in [0.1, 0.15) is 11.0 Å². The quantitative estimate of drug-likeness (QED) is 0.832. The molecule has 1 aliphatic rings. The Kier molecular flexibility index (Phi) is 4.58. The highest BCUT2D eigenvalue weighted by Gasteiger charge is 2.36. The Hall–Kier alpha value is -1.99. The second-order valence-electron chi connectivity index (χ2n) is 5.53. The molecule has 0 aliphatic carbocycles. The van der Waals surface area contributed by atoms with Crippen molar-refractivity contribution >= 4 is 33.4 Å². The van der Waals surface area contributed by atoms with Crippen molar-refractivity contribution in [2.24, 2.45) is 0 Å². The van der Waals surface area contributed by atoms with Gasteiger partial charge in [-0.3, -0.25) is 9.59 Å². The predicted octanol–water partition coefficient (Wildman–Crippen LogP) is 1.50. The molecule has 1 aliphatic heterocycles. The molecule has 0 spiro atoms. The second kappa shape index (κ2) is 6.64. The Morgan fingerprint density at radius 3 is 2.87 bits per heavy atom. The topological polar surface area (TPSA) is 62.7 Å². The summed E-state index contributed by atoms with van der Waals surface area (Å²) in [5, 5.41) is 0.851. The van der Waals surface area contributed by atoms with Gasteiger partial charge in [-0.15, -0.1) is 11.3 Å². The molecule has 2 aromatic rings. The summed E-state index contributed by atoms with van der Waals surface area (Å²) < 4.78 is 6.08. The minimum absolute atomic E-state index is 0.0391. The number of carbonyl (C=O) groups is 2. The van der Waals surface area contributed by atoms with Gasteiger partial charge in [-0.2, -0.15) is 0 Å². The molecule has 2 heterocycles. The first-order valence-electron chi connectivity index (χ1n) is 7.52. The summed E-state index contributed by atoms with van der Waals surface area (Å²) in [6, 6.07) is 7.40. The Labute approximate surface area is 138 Å². The molecule has 1 fully saturated rings. The molecule has 0 radical (unpaired) electrons. The van der Waals surface area contributed by atoms with Crippen molar-refractivity contribution in [2.75, 3.05) is 26.8 Å². The van der Waals surface area contributed by atoms with Gasteiger partial charge < -0.3 is 14.5 Å². The zero-order chi connectivity index (χ0) is 16.4. The van der Waals surface area contributed by atoms with E-state index >= 15 is 0 Å². The van der Waals surface area contributed by atoms with Crippen LogP contribution in [0.3, 0.4) is 0 Å². The van der Waals surface area contributed by atoms with Crippen LogP contribution in [0.1, 0.15) is 11.9 Å². The van der Waals surface area contributed by atoms with Gasteiger partial charge in [-0.1, -0.05) is 12.1 Å². The van der Waals surface area contributed by atoms with Crippen molar-refractivity contribution in [3.63, 3.8) is 0 Å². The summed E-state index contributed by atoms with van der Waals surface area (Å²) in [7, 11) is 1.58. The Morgan fingerprint density at radius 1 is 1.35 bits per heavy atom. The van der Waals surface area contributed by atoms with E-state index in [1.54, 1.807) is 35.2 Å². The maximum absolute atomic E-state index is 12.4. The number of piperazine rings is 1. The number of hydrogen-bond acceptors (Lipinski definition) is 5. The van der Waals surface area contributed by atoms with E-state index in [0.29, 0.717) is 19.7 Å². The molecule has 7 heteroatoms. The van der Waals surface area contributed by atoms with Crippen LogP contribution in [0, 0.1) is 0 Å². The van der Waals surface area contributed by atoms with Crippen molar-refractivity contribution < 1.29 is 14.3 Å². The van der Waals surface area contributed by atoms with E-state index in [2.05, 4.69) is 4.98 Å². The smallest absolute Gasteiger partial charge is 0.245 e. The highest BCUT2D eigenvalue weighted by atomic mass is 32.1. The number of hydrogen-bond donors (Lipinski definition) is 0. The fraction of sp³-hybridized carbons (Fsp3) is 0.438. The monoisotopic (exact) mass is 333 g/mol. The van der Waals surface area contributed by atoms with Crippen LogP contribution < -0.4 is 0 Å². The number of carbonyl (C=O) groups excluding carboxylic acids is 2. The average Bonchev–Trinajstić information content (AvgIpc) is 2.96. The van der Waals surface area contributed by atoms with Crippen LogP contribution in [-0.2, 0) is 20.9 Å². The van der Waals surface area contributed by atoms with Crippen molar-refractivity contribution in [1.82, 2.24) is 14.8 Å². The van der Waals surface area contributed by atoms with E-state index in [-0.39, 0.29) is 18.4 Å². The molecular weight excluding hydrogens is 314 g/mol. The molecule has 0 saturated carbocycles. The first-order chi connectivity index (χ1) is 11.1. The summed E-state index contributed by atoms with van der Waals surface area (Å²) in [6.07, 6.45) is 0. The first-order valence-corrected chi connectivity index (χ1v) is 8.33. The molecule has 1 aromatic heterocycles. The highest BCUT2D eigenvalue weighted by molar-refractivity contribution is 7.18.